The number of rotatable bonds is 8. The van der Waals surface area contributed by atoms with Gasteiger partial charge in [0.1, 0.15) is 0 Å². The zero-order valence-corrected chi connectivity index (χ0v) is 10.8. The van der Waals surface area contributed by atoms with Crippen molar-refractivity contribution < 1.29 is 18.3 Å². The Kier molecular flexibility index (Phi) is 6.54. The minimum atomic E-state index is -3.51. The number of carbonyl (C=O) groups is 1. The van der Waals surface area contributed by atoms with Crippen LogP contribution in [0.15, 0.2) is 0 Å². The van der Waals surface area contributed by atoms with Gasteiger partial charge in [-0.25, -0.2) is 0 Å². The molecule has 0 aromatic heterocycles. The lowest BCUT2D eigenvalue weighted by molar-refractivity contribution is -0.137. The first kappa shape index (κ1) is 15.3. The van der Waals surface area contributed by atoms with Crippen LogP contribution in [0.2, 0.25) is 0 Å². The highest BCUT2D eigenvalue weighted by atomic mass is 32.2. The van der Waals surface area contributed by atoms with Crippen LogP contribution in [0, 0.1) is 0 Å². The summed E-state index contributed by atoms with van der Waals surface area (Å²) in [5.41, 5.74) is 0. The Morgan fingerprint density at radius 2 is 1.81 bits per heavy atom. The van der Waals surface area contributed by atoms with Crippen molar-refractivity contribution in [2.75, 3.05) is 26.7 Å². The van der Waals surface area contributed by atoms with Gasteiger partial charge >= 0.3 is 5.97 Å². The van der Waals surface area contributed by atoms with E-state index in [9.17, 15) is 13.2 Å². The summed E-state index contributed by atoms with van der Waals surface area (Å²) < 4.78 is 26.3. The molecule has 6 nitrogen and oxygen atoms in total. The van der Waals surface area contributed by atoms with Crippen LogP contribution >= 0.6 is 0 Å². The zero-order valence-electron chi connectivity index (χ0n) is 10.0. The van der Waals surface area contributed by atoms with Crippen molar-refractivity contribution in [2.24, 2.45) is 0 Å². The van der Waals surface area contributed by atoms with Crippen LogP contribution in [0.1, 0.15) is 26.7 Å². The topological polar surface area (TPSA) is 77.9 Å². The molecular formula is C9H20N2O4S. The summed E-state index contributed by atoms with van der Waals surface area (Å²) in [4.78, 5) is 10.4. The molecule has 0 heterocycles. The van der Waals surface area contributed by atoms with Crippen LogP contribution in [0.5, 0.6) is 0 Å². The molecule has 0 bridgehead atoms. The standard InChI is InChI=1S/C9H20N2O4S/c1-4-7-11(5-2)16(14,15)10(3)8-6-9(12)13/h4-8H2,1-3H3,(H,12,13). The van der Waals surface area contributed by atoms with Crippen molar-refractivity contribution >= 4 is 16.2 Å². The summed E-state index contributed by atoms with van der Waals surface area (Å²) in [5.74, 6) is -0.999. The molecule has 1 N–H and O–H groups in total. The average molecular weight is 252 g/mol. The first-order valence-corrected chi connectivity index (χ1v) is 6.69. The summed E-state index contributed by atoms with van der Waals surface area (Å²) in [5, 5.41) is 8.49. The van der Waals surface area contributed by atoms with Crippen LogP contribution in [-0.4, -0.2) is 54.8 Å². The van der Waals surface area contributed by atoms with E-state index in [0.717, 1.165) is 10.7 Å². The largest absolute Gasteiger partial charge is 0.481 e. The van der Waals surface area contributed by atoms with Crippen LogP contribution in [0.4, 0.5) is 0 Å². The average Bonchev–Trinajstić information content (AvgIpc) is 2.21. The Bertz CT molecular complexity index is 315. The maximum absolute atomic E-state index is 11.9. The minimum absolute atomic E-state index is 0.00210. The van der Waals surface area contributed by atoms with E-state index < -0.39 is 16.2 Å². The molecule has 0 unspecified atom stereocenters. The molecule has 0 aliphatic rings. The van der Waals surface area contributed by atoms with Crippen molar-refractivity contribution in [2.45, 2.75) is 26.7 Å². The lowest BCUT2D eigenvalue weighted by atomic mass is 10.4. The van der Waals surface area contributed by atoms with Gasteiger partial charge in [0.2, 0.25) is 0 Å². The molecule has 0 spiro atoms. The Balaban J connectivity index is 4.55. The van der Waals surface area contributed by atoms with Gasteiger partial charge in [0.05, 0.1) is 6.42 Å². The monoisotopic (exact) mass is 252 g/mol. The van der Waals surface area contributed by atoms with Crippen LogP contribution in [0.25, 0.3) is 0 Å². The van der Waals surface area contributed by atoms with Gasteiger partial charge in [0.15, 0.2) is 0 Å². The van der Waals surface area contributed by atoms with Crippen molar-refractivity contribution in [3.8, 4) is 0 Å². The van der Waals surface area contributed by atoms with Gasteiger partial charge in [-0.15, -0.1) is 0 Å². The molecule has 0 radical (unpaired) electrons. The summed E-state index contributed by atoms with van der Waals surface area (Å²) in [6, 6.07) is 0. The fourth-order valence-corrected chi connectivity index (χ4v) is 2.71. The van der Waals surface area contributed by atoms with E-state index in [-0.39, 0.29) is 13.0 Å². The van der Waals surface area contributed by atoms with Gasteiger partial charge < -0.3 is 5.11 Å². The van der Waals surface area contributed by atoms with E-state index >= 15 is 0 Å². The molecule has 0 aromatic rings. The second kappa shape index (κ2) is 6.82. The minimum Gasteiger partial charge on any atom is -0.481 e. The summed E-state index contributed by atoms with van der Waals surface area (Å²) >= 11 is 0. The van der Waals surface area contributed by atoms with E-state index in [1.54, 1.807) is 6.92 Å². The molecule has 0 atom stereocenters. The molecule has 0 saturated carbocycles. The Hall–Kier alpha value is -0.660. The first-order valence-electron chi connectivity index (χ1n) is 5.29. The molecule has 16 heavy (non-hydrogen) atoms. The molecule has 0 aliphatic carbocycles. The lowest BCUT2D eigenvalue weighted by Crippen LogP contribution is -2.42. The molecule has 0 aliphatic heterocycles. The maximum Gasteiger partial charge on any atom is 0.304 e. The zero-order chi connectivity index (χ0) is 12.8. The van der Waals surface area contributed by atoms with Crippen LogP contribution in [0.3, 0.4) is 0 Å². The van der Waals surface area contributed by atoms with Gasteiger partial charge in [-0.1, -0.05) is 13.8 Å². The van der Waals surface area contributed by atoms with E-state index in [4.69, 9.17) is 5.11 Å². The van der Waals surface area contributed by atoms with E-state index in [1.807, 2.05) is 6.92 Å². The first-order chi connectivity index (χ1) is 7.36. The molecule has 0 fully saturated rings. The molecule has 0 aromatic carbocycles. The number of carboxylic acid groups (broad SMARTS) is 1. The van der Waals surface area contributed by atoms with E-state index in [2.05, 4.69) is 0 Å². The number of nitrogens with zero attached hydrogens (tertiary/aromatic N) is 2. The maximum atomic E-state index is 11.9. The Labute approximate surface area is 97.0 Å². The highest BCUT2D eigenvalue weighted by molar-refractivity contribution is 7.86. The third kappa shape index (κ3) is 4.46. The smallest absolute Gasteiger partial charge is 0.304 e. The number of hydrogen-bond donors (Lipinski definition) is 1. The Morgan fingerprint density at radius 1 is 1.25 bits per heavy atom. The van der Waals surface area contributed by atoms with Crippen molar-refractivity contribution in [1.29, 1.82) is 0 Å². The van der Waals surface area contributed by atoms with E-state index in [1.165, 1.54) is 11.4 Å². The van der Waals surface area contributed by atoms with Gasteiger partial charge in [-0.2, -0.15) is 17.0 Å². The van der Waals surface area contributed by atoms with Gasteiger partial charge in [-0.05, 0) is 6.42 Å². The molecule has 0 saturated heterocycles. The number of aliphatic carboxylic acids is 1. The summed E-state index contributed by atoms with van der Waals surface area (Å²) in [6.07, 6.45) is 0.555. The second-order valence-electron chi connectivity index (χ2n) is 3.46. The Morgan fingerprint density at radius 3 is 2.19 bits per heavy atom. The predicted molar refractivity (Wildman–Crippen MR) is 61.3 cm³/mol. The molecule has 0 rings (SSSR count). The van der Waals surface area contributed by atoms with Gasteiger partial charge in [0.25, 0.3) is 10.2 Å². The van der Waals surface area contributed by atoms with Crippen LogP contribution in [-0.2, 0) is 15.0 Å². The summed E-state index contributed by atoms with van der Waals surface area (Å²) in [7, 11) is -2.11. The summed E-state index contributed by atoms with van der Waals surface area (Å²) in [6.45, 7) is 4.51. The highest BCUT2D eigenvalue weighted by Gasteiger charge is 2.24. The third-order valence-electron chi connectivity index (χ3n) is 2.19. The van der Waals surface area contributed by atoms with Gasteiger partial charge in [-0.3, -0.25) is 4.79 Å². The van der Waals surface area contributed by atoms with E-state index in [0.29, 0.717) is 13.1 Å². The van der Waals surface area contributed by atoms with Crippen molar-refractivity contribution in [3.63, 3.8) is 0 Å². The molecule has 0 amide bonds. The highest BCUT2D eigenvalue weighted by Crippen LogP contribution is 2.07. The second-order valence-corrected chi connectivity index (χ2v) is 5.50. The fraction of sp³-hybridized carbons (Fsp3) is 0.889. The quantitative estimate of drug-likeness (QED) is 0.677. The van der Waals surface area contributed by atoms with Crippen molar-refractivity contribution in [3.05, 3.63) is 0 Å². The molecule has 7 heteroatoms. The molecular weight excluding hydrogens is 232 g/mol. The van der Waals surface area contributed by atoms with Crippen molar-refractivity contribution in [1.82, 2.24) is 8.61 Å². The number of hydrogen-bond acceptors (Lipinski definition) is 3. The third-order valence-corrected chi connectivity index (χ3v) is 4.25. The number of carboxylic acids is 1. The molecule has 96 valence electrons. The fourth-order valence-electron chi connectivity index (χ4n) is 1.25. The lowest BCUT2D eigenvalue weighted by Gasteiger charge is -2.25. The van der Waals surface area contributed by atoms with Gasteiger partial charge in [0, 0.05) is 26.7 Å². The normalized spacial score (nSPS) is 12.3. The predicted octanol–water partition coefficient (Wildman–Crippen LogP) is 0.370. The SMILES string of the molecule is CCCN(CC)S(=O)(=O)N(C)CCC(=O)O. The van der Waals surface area contributed by atoms with Crippen LogP contribution < -0.4 is 0 Å².